The van der Waals surface area contributed by atoms with Gasteiger partial charge in [0.2, 0.25) is 12.7 Å². The van der Waals surface area contributed by atoms with Gasteiger partial charge in [-0.3, -0.25) is 4.79 Å². The Bertz CT molecular complexity index is 821. The number of alkyl halides is 3. The summed E-state index contributed by atoms with van der Waals surface area (Å²) in [7, 11) is 0. The Morgan fingerprint density at radius 3 is 2.57 bits per heavy atom. The highest BCUT2D eigenvalue weighted by atomic mass is 19.4. The van der Waals surface area contributed by atoms with Crippen molar-refractivity contribution in [3.05, 3.63) is 53.6 Å². The molecule has 1 atom stereocenters. The standard InChI is InChI=1S/C20H20F3NO4/c1-13(10-14-2-4-15(5-3-14)20(21,22)23)19(25)24-8-9-26-16-6-7-17-18(11-16)28-12-27-17/h2-7,11,13H,8-10,12H2,1H3,(H,24,25). The summed E-state index contributed by atoms with van der Waals surface area (Å²) in [6.07, 6.45) is -4.01. The van der Waals surface area contributed by atoms with Crippen LogP contribution in [-0.4, -0.2) is 25.9 Å². The number of nitrogens with one attached hydrogen (secondary N) is 1. The molecule has 0 spiro atoms. The van der Waals surface area contributed by atoms with E-state index in [2.05, 4.69) is 5.32 Å². The van der Waals surface area contributed by atoms with Gasteiger partial charge in [-0.2, -0.15) is 13.2 Å². The van der Waals surface area contributed by atoms with Crippen molar-refractivity contribution >= 4 is 5.91 Å². The first-order valence-corrected chi connectivity index (χ1v) is 8.79. The van der Waals surface area contributed by atoms with E-state index < -0.39 is 11.7 Å². The number of amides is 1. The summed E-state index contributed by atoms with van der Waals surface area (Å²) < 4.78 is 53.8. The van der Waals surface area contributed by atoms with E-state index in [0.717, 1.165) is 12.1 Å². The van der Waals surface area contributed by atoms with Gasteiger partial charge in [0.15, 0.2) is 11.5 Å². The van der Waals surface area contributed by atoms with Crippen LogP contribution in [0.1, 0.15) is 18.1 Å². The predicted octanol–water partition coefficient (Wildman–Crippen LogP) is 3.81. The highest BCUT2D eigenvalue weighted by Crippen LogP contribution is 2.35. The summed E-state index contributed by atoms with van der Waals surface area (Å²) in [6.45, 7) is 2.50. The van der Waals surface area contributed by atoms with E-state index in [9.17, 15) is 18.0 Å². The number of carbonyl (C=O) groups excluding carboxylic acids is 1. The SMILES string of the molecule is CC(Cc1ccc(C(F)(F)F)cc1)C(=O)NCCOc1ccc2c(c1)OCO2. The second kappa shape index (κ2) is 8.41. The molecule has 28 heavy (non-hydrogen) atoms. The second-order valence-corrected chi connectivity index (χ2v) is 6.45. The molecule has 5 nitrogen and oxygen atoms in total. The summed E-state index contributed by atoms with van der Waals surface area (Å²) in [4.78, 5) is 12.2. The van der Waals surface area contributed by atoms with Crippen molar-refractivity contribution < 1.29 is 32.2 Å². The Balaban J connectivity index is 1.40. The molecule has 0 fully saturated rings. The lowest BCUT2D eigenvalue weighted by atomic mass is 9.99. The van der Waals surface area contributed by atoms with Crippen LogP contribution in [0.2, 0.25) is 0 Å². The number of halogens is 3. The monoisotopic (exact) mass is 395 g/mol. The maximum absolute atomic E-state index is 12.6. The minimum Gasteiger partial charge on any atom is -0.492 e. The average Bonchev–Trinajstić information content (AvgIpc) is 3.12. The van der Waals surface area contributed by atoms with Crippen LogP contribution in [0.25, 0.3) is 0 Å². The van der Waals surface area contributed by atoms with Crippen molar-refractivity contribution in [2.45, 2.75) is 19.5 Å². The lowest BCUT2D eigenvalue weighted by Gasteiger charge is -2.14. The molecule has 0 saturated carbocycles. The molecule has 1 aliphatic heterocycles. The molecule has 0 radical (unpaired) electrons. The topological polar surface area (TPSA) is 56.8 Å². The van der Waals surface area contributed by atoms with Crippen LogP contribution in [-0.2, 0) is 17.4 Å². The smallest absolute Gasteiger partial charge is 0.416 e. The molecule has 150 valence electrons. The first kappa shape index (κ1) is 19.9. The first-order chi connectivity index (χ1) is 13.3. The number of benzene rings is 2. The molecule has 0 saturated heterocycles. The van der Waals surface area contributed by atoms with E-state index in [1.54, 1.807) is 25.1 Å². The third-order valence-electron chi connectivity index (χ3n) is 4.28. The van der Waals surface area contributed by atoms with E-state index in [1.807, 2.05) is 0 Å². The van der Waals surface area contributed by atoms with E-state index in [4.69, 9.17) is 14.2 Å². The van der Waals surface area contributed by atoms with Gasteiger partial charge in [0.05, 0.1) is 12.1 Å². The quantitative estimate of drug-likeness (QED) is 0.725. The van der Waals surface area contributed by atoms with Crippen LogP contribution < -0.4 is 19.5 Å². The van der Waals surface area contributed by atoms with Crippen molar-refractivity contribution in [2.24, 2.45) is 5.92 Å². The van der Waals surface area contributed by atoms with Gasteiger partial charge >= 0.3 is 6.18 Å². The lowest BCUT2D eigenvalue weighted by molar-refractivity contribution is -0.137. The Morgan fingerprint density at radius 1 is 1.14 bits per heavy atom. The third-order valence-corrected chi connectivity index (χ3v) is 4.28. The summed E-state index contributed by atoms with van der Waals surface area (Å²) in [5.74, 6) is 1.33. The minimum atomic E-state index is -4.36. The summed E-state index contributed by atoms with van der Waals surface area (Å²) >= 11 is 0. The molecule has 8 heteroatoms. The van der Waals surface area contributed by atoms with Crippen molar-refractivity contribution in [1.29, 1.82) is 0 Å². The minimum absolute atomic E-state index is 0.186. The normalized spacial score (nSPS) is 13.9. The van der Waals surface area contributed by atoms with Crippen molar-refractivity contribution in [3.63, 3.8) is 0 Å². The predicted molar refractivity (Wildman–Crippen MR) is 95.4 cm³/mol. The molecule has 1 N–H and O–H groups in total. The molecule has 2 aromatic carbocycles. The Morgan fingerprint density at radius 2 is 1.86 bits per heavy atom. The highest BCUT2D eigenvalue weighted by Gasteiger charge is 2.30. The number of hydrogen-bond donors (Lipinski definition) is 1. The van der Waals surface area contributed by atoms with Gasteiger partial charge in [0.1, 0.15) is 12.4 Å². The van der Waals surface area contributed by atoms with Crippen LogP contribution in [0.3, 0.4) is 0 Å². The van der Waals surface area contributed by atoms with Gasteiger partial charge in [-0.25, -0.2) is 0 Å². The van der Waals surface area contributed by atoms with E-state index in [1.165, 1.54) is 12.1 Å². The number of carbonyl (C=O) groups is 1. The fourth-order valence-corrected chi connectivity index (χ4v) is 2.76. The largest absolute Gasteiger partial charge is 0.492 e. The van der Waals surface area contributed by atoms with Crippen molar-refractivity contribution in [1.82, 2.24) is 5.32 Å². The van der Waals surface area contributed by atoms with Crippen LogP contribution >= 0.6 is 0 Å². The molecular weight excluding hydrogens is 375 g/mol. The van der Waals surface area contributed by atoms with Gasteiger partial charge in [-0.15, -0.1) is 0 Å². The zero-order chi connectivity index (χ0) is 20.1. The molecular formula is C20H20F3NO4. The van der Waals surface area contributed by atoms with E-state index in [-0.39, 0.29) is 25.2 Å². The fraction of sp³-hybridized carbons (Fsp3) is 0.350. The van der Waals surface area contributed by atoms with Gasteiger partial charge in [-0.1, -0.05) is 19.1 Å². The molecule has 0 aliphatic carbocycles. The van der Waals surface area contributed by atoms with Crippen molar-refractivity contribution in [3.8, 4) is 17.2 Å². The zero-order valence-electron chi connectivity index (χ0n) is 15.2. The molecule has 3 rings (SSSR count). The van der Waals surface area contributed by atoms with E-state index >= 15 is 0 Å². The Labute approximate surface area is 160 Å². The maximum Gasteiger partial charge on any atom is 0.416 e. The molecule has 2 aromatic rings. The molecule has 0 aromatic heterocycles. The van der Waals surface area contributed by atoms with Gasteiger partial charge in [0.25, 0.3) is 0 Å². The van der Waals surface area contributed by atoms with Crippen LogP contribution in [0.5, 0.6) is 17.2 Å². The number of hydrogen-bond acceptors (Lipinski definition) is 4. The Kier molecular flexibility index (Phi) is 5.96. The average molecular weight is 395 g/mol. The second-order valence-electron chi connectivity index (χ2n) is 6.45. The Hall–Kier alpha value is -2.90. The van der Waals surface area contributed by atoms with Gasteiger partial charge < -0.3 is 19.5 Å². The van der Waals surface area contributed by atoms with Gasteiger partial charge in [-0.05, 0) is 36.2 Å². The fourth-order valence-electron chi connectivity index (χ4n) is 2.76. The van der Waals surface area contributed by atoms with E-state index in [0.29, 0.717) is 35.8 Å². The third kappa shape index (κ3) is 5.09. The van der Waals surface area contributed by atoms with Gasteiger partial charge in [0, 0.05) is 12.0 Å². The molecule has 1 unspecified atom stereocenters. The molecule has 1 heterocycles. The lowest BCUT2D eigenvalue weighted by Crippen LogP contribution is -2.33. The number of ether oxygens (including phenoxy) is 3. The summed E-state index contributed by atoms with van der Waals surface area (Å²) in [5, 5.41) is 2.76. The first-order valence-electron chi connectivity index (χ1n) is 8.79. The summed E-state index contributed by atoms with van der Waals surface area (Å²) in [5.41, 5.74) is -0.0266. The number of fused-ring (bicyclic) bond motifs is 1. The molecule has 1 amide bonds. The van der Waals surface area contributed by atoms with Crippen LogP contribution in [0.4, 0.5) is 13.2 Å². The molecule has 0 bridgehead atoms. The van der Waals surface area contributed by atoms with Crippen LogP contribution in [0.15, 0.2) is 42.5 Å². The van der Waals surface area contributed by atoms with Crippen molar-refractivity contribution in [2.75, 3.05) is 19.9 Å². The maximum atomic E-state index is 12.6. The summed E-state index contributed by atoms with van der Waals surface area (Å²) in [6, 6.07) is 10.1. The number of rotatable bonds is 7. The highest BCUT2D eigenvalue weighted by molar-refractivity contribution is 5.78. The zero-order valence-corrected chi connectivity index (χ0v) is 15.2. The van der Waals surface area contributed by atoms with Crippen LogP contribution in [0, 0.1) is 5.92 Å². The molecule has 1 aliphatic rings.